The molecule has 2 rings (SSSR count). The summed E-state index contributed by atoms with van der Waals surface area (Å²) in [6, 6.07) is 11.4. The largest absolute Gasteiger partial charge is 0.385 e. The molecule has 0 aliphatic heterocycles. The second-order valence-corrected chi connectivity index (χ2v) is 4.54. The first-order chi connectivity index (χ1) is 11.5. The number of hydrogen-bond donors (Lipinski definition) is 2. The summed E-state index contributed by atoms with van der Waals surface area (Å²) in [4.78, 5) is 27.7. The van der Waals surface area contributed by atoms with E-state index in [-0.39, 0.29) is 5.69 Å². The van der Waals surface area contributed by atoms with E-state index in [4.69, 9.17) is 0 Å². The van der Waals surface area contributed by atoms with Gasteiger partial charge in [0.2, 0.25) is 0 Å². The van der Waals surface area contributed by atoms with E-state index in [2.05, 4.69) is 20.6 Å². The first-order valence-electron chi connectivity index (χ1n) is 6.81. The van der Waals surface area contributed by atoms with Crippen LogP contribution in [0.4, 0.5) is 20.2 Å². The molecule has 0 bridgehead atoms. The highest BCUT2D eigenvalue weighted by Gasteiger charge is 2.06. The number of nitrogens with one attached hydrogen (secondary N) is 2. The Hall–Kier alpha value is -3.29. The lowest BCUT2D eigenvalue weighted by molar-refractivity contribution is -0.120. The maximum atomic E-state index is 13.3. The van der Waals surface area contributed by atoms with E-state index in [0.29, 0.717) is 11.8 Å². The SMILES string of the molecule is O=C(/C=N/OCC(=O)Nc1ccccc1)Nc1ccc(F)cc1F. The van der Waals surface area contributed by atoms with Gasteiger partial charge in [-0.05, 0) is 24.3 Å². The van der Waals surface area contributed by atoms with Crippen LogP contribution in [0.2, 0.25) is 0 Å². The predicted molar refractivity (Wildman–Crippen MR) is 84.5 cm³/mol. The minimum Gasteiger partial charge on any atom is -0.385 e. The highest BCUT2D eigenvalue weighted by atomic mass is 19.1. The second-order valence-electron chi connectivity index (χ2n) is 4.54. The number of carbonyl (C=O) groups excluding carboxylic acids is 2. The van der Waals surface area contributed by atoms with Crippen LogP contribution in [-0.2, 0) is 14.4 Å². The normalized spacial score (nSPS) is 10.4. The third-order valence-corrected chi connectivity index (χ3v) is 2.69. The third kappa shape index (κ3) is 5.48. The number of halogens is 2. The molecule has 2 aromatic carbocycles. The number of para-hydroxylation sites is 1. The van der Waals surface area contributed by atoms with Crippen LogP contribution in [0.15, 0.2) is 53.7 Å². The molecule has 2 N–H and O–H groups in total. The number of rotatable bonds is 6. The van der Waals surface area contributed by atoms with Crippen molar-refractivity contribution in [2.75, 3.05) is 17.2 Å². The Balaban J connectivity index is 1.75. The molecule has 0 atom stereocenters. The standard InChI is InChI=1S/C16H13F2N3O3/c17-11-6-7-14(13(18)8-11)21-15(22)9-19-24-10-16(23)20-12-4-2-1-3-5-12/h1-9H,10H2,(H,20,23)(H,21,22)/b19-9+. The molecule has 2 amide bonds. The second kappa shape index (κ2) is 8.37. The molecule has 0 saturated heterocycles. The van der Waals surface area contributed by atoms with E-state index >= 15 is 0 Å². The average Bonchev–Trinajstić information content (AvgIpc) is 2.55. The maximum Gasteiger partial charge on any atom is 0.270 e. The van der Waals surface area contributed by atoms with Gasteiger partial charge < -0.3 is 15.5 Å². The molecule has 0 aliphatic rings. The van der Waals surface area contributed by atoms with Gasteiger partial charge in [-0.2, -0.15) is 0 Å². The first-order valence-corrected chi connectivity index (χ1v) is 6.81. The van der Waals surface area contributed by atoms with Gasteiger partial charge in [0.25, 0.3) is 11.8 Å². The summed E-state index contributed by atoms with van der Waals surface area (Å²) in [5.41, 5.74) is 0.397. The van der Waals surface area contributed by atoms with E-state index in [1.807, 2.05) is 0 Å². The van der Waals surface area contributed by atoms with Gasteiger partial charge in [0, 0.05) is 11.8 Å². The van der Waals surface area contributed by atoms with Gasteiger partial charge in [-0.1, -0.05) is 23.4 Å². The molecule has 0 aromatic heterocycles. The van der Waals surface area contributed by atoms with Gasteiger partial charge >= 0.3 is 0 Å². The Morgan fingerprint density at radius 1 is 1.08 bits per heavy atom. The van der Waals surface area contributed by atoms with Gasteiger partial charge in [0.1, 0.15) is 17.8 Å². The summed E-state index contributed by atoms with van der Waals surface area (Å²) in [6.45, 7) is -0.399. The molecule has 24 heavy (non-hydrogen) atoms. The number of anilines is 2. The van der Waals surface area contributed by atoms with Crippen LogP contribution >= 0.6 is 0 Å². The summed E-state index contributed by atoms with van der Waals surface area (Å²) < 4.78 is 26.1. The van der Waals surface area contributed by atoms with Crippen LogP contribution in [0.1, 0.15) is 0 Å². The number of carbonyl (C=O) groups is 2. The van der Waals surface area contributed by atoms with E-state index < -0.39 is 30.1 Å². The summed E-state index contributed by atoms with van der Waals surface area (Å²) in [6.07, 6.45) is 0.735. The van der Waals surface area contributed by atoms with Crippen LogP contribution in [0.3, 0.4) is 0 Å². The van der Waals surface area contributed by atoms with Crippen molar-refractivity contribution in [2.45, 2.75) is 0 Å². The molecular formula is C16H13F2N3O3. The lowest BCUT2D eigenvalue weighted by Crippen LogP contribution is -2.18. The lowest BCUT2D eigenvalue weighted by atomic mass is 10.3. The number of hydrogen-bond acceptors (Lipinski definition) is 4. The molecule has 6 nitrogen and oxygen atoms in total. The summed E-state index contributed by atoms with van der Waals surface area (Å²) in [5.74, 6) is -2.92. The lowest BCUT2D eigenvalue weighted by Gasteiger charge is -2.04. The summed E-state index contributed by atoms with van der Waals surface area (Å²) in [5, 5.41) is 8.02. The molecule has 0 heterocycles. The van der Waals surface area contributed by atoms with E-state index in [1.165, 1.54) is 0 Å². The van der Waals surface area contributed by atoms with Gasteiger partial charge in [0.05, 0.1) is 5.69 Å². The van der Waals surface area contributed by atoms with Crippen molar-refractivity contribution in [1.82, 2.24) is 0 Å². The number of amides is 2. The summed E-state index contributed by atoms with van der Waals surface area (Å²) >= 11 is 0. The smallest absolute Gasteiger partial charge is 0.270 e. The number of nitrogens with zero attached hydrogens (tertiary/aromatic N) is 1. The Morgan fingerprint density at radius 3 is 2.54 bits per heavy atom. The van der Waals surface area contributed by atoms with Crippen molar-refractivity contribution in [1.29, 1.82) is 0 Å². The fourth-order valence-electron chi connectivity index (χ4n) is 1.66. The topological polar surface area (TPSA) is 79.8 Å². The van der Waals surface area contributed by atoms with Crippen molar-refractivity contribution >= 4 is 29.4 Å². The van der Waals surface area contributed by atoms with Crippen LogP contribution in [0, 0.1) is 11.6 Å². The molecule has 8 heteroatoms. The molecule has 0 radical (unpaired) electrons. The molecule has 0 fully saturated rings. The zero-order valence-corrected chi connectivity index (χ0v) is 12.3. The first kappa shape index (κ1) is 17.1. The van der Waals surface area contributed by atoms with Crippen molar-refractivity contribution in [3.8, 4) is 0 Å². The predicted octanol–water partition coefficient (Wildman–Crippen LogP) is 2.54. The molecular weight excluding hydrogens is 320 g/mol. The van der Waals surface area contributed by atoms with Gasteiger partial charge in [-0.25, -0.2) is 8.78 Å². The maximum absolute atomic E-state index is 13.3. The van der Waals surface area contributed by atoms with Crippen molar-refractivity contribution in [3.63, 3.8) is 0 Å². The minimum atomic E-state index is -0.917. The Morgan fingerprint density at radius 2 is 1.83 bits per heavy atom. The van der Waals surface area contributed by atoms with Crippen LogP contribution in [-0.4, -0.2) is 24.6 Å². The fraction of sp³-hybridized carbons (Fsp3) is 0.0625. The molecule has 124 valence electrons. The van der Waals surface area contributed by atoms with Gasteiger partial charge in [-0.3, -0.25) is 9.59 Å². The van der Waals surface area contributed by atoms with Crippen molar-refractivity contribution in [2.24, 2.45) is 5.16 Å². The van der Waals surface area contributed by atoms with Crippen molar-refractivity contribution < 1.29 is 23.2 Å². The monoisotopic (exact) mass is 333 g/mol. The van der Waals surface area contributed by atoms with E-state index in [0.717, 1.165) is 18.3 Å². The van der Waals surface area contributed by atoms with Crippen LogP contribution < -0.4 is 10.6 Å². The average molecular weight is 333 g/mol. The number of benzene rings is 2. The Bertz CT molecular complexity index is 751. The molecule has 0 aliphatic carbocycles. The number of oxime groups is 1. The highest BCUT2D eigenvalue weighted by molar-refractivity contribution is 6.31. The van der Waals surface area contributed by atoms with Crippen LogP contribution in [0.5, 0.6) is 0 Å². The van der Waals surface area contributed by atoms with Gasteiger partial charge in [-0.15, -0.1) is 0 Å². The van der Waals surface area contributed by atoms with Crippen LogP contribution in [0.25, 0.3) is 0 Å². The molecule has 0 spiro atoms. The van der Waals surface area contributed by atoms with E-state index in [9.17, 15) is 18.4 Å². The minimum absolute atomic E-state index is 0.199. The molecule has 0 unspecified atom stereocenters. The van der Waals surface area contributed by atoms with Gasteiger partial charge in [0.15, 0.2) is 6.61 Å². The highest BCUT2D eigenvalue weighted by Crippen LogP contribution is 2.14. The quantitative estimate of drug-likeness (QED) is 0.630. The zero-order valence-electron chi connectivity index (χ0n) is 12.3. The fourth-order valence-corrected chi connectivity index (χ4v) is 1.66. The summed E-state index contributed by atoms with van der Waals surface area (Å²) in [7, 11) is 0. The molecule has 2 aromatic rings. The molecule has 0 saturated carbocycles. The van der Waals surface area contributed by atoms with Crippen molar-refractivity contribution in [3.05, 3.63) is 60.2 Å². The zero-order chi connectivity index (χ0) is 17.4. The Labute approximate surface area is 136 Å². The third-order valence-electron chi connectivity index (χ3n) is 2.69. The van der Waals surface area contributed by atoms with E-state index in [1.54, 1.807) is 30.3 Å². The Kier molecular flexibility index (Phi) is 5.95.